The topological polar surface area (TPSA) is 92.9 Å². The minimum atomic E-state index is -0.377. The summed E-state index contributed by atoms with van der Waals surface area (Å²) in [6.45, 7) is 7.90. The van der Waals surface area contributed by atoms with Gasteiger partial charge in [-0.3, -0.25) is 9.78 Å². The predicted octanol–water partition coefficient (Wildman–Crippen LogP) is 3.24. The second-order valence-electron chi connectivity index (χ2n) is 6.95. The van der Waals surface area contributed by atoms with Gasteiger partial charge in [0.25, 0.3) is 5.91 Å². The molecule has 7 heteroatoms. The Labute approximate surface area is 152 Å². The van der Waals surface area contributed by atoms with E-state index in [1.165, 1.54) is 0 Å². The fourth-order valence-corrected chi connectivity index (χ4v) is 2.85. The zero-order valence-electron chi connectivity index (χ0n) is 15.3. The number of hydrogen-bond donors (Lipinski definition) is 2. The third-order valence-corrected chi connectivity index (χ3v) is 4.34. The van der Waals surface area contributed by atoms with E-state index in [0.29, 0.717) is 11.1 Å². The van der Waals surface area contributed by atoms with E-state index in [2.05, 4.69) is 20.6 Å². The number of benzene rings is 1. The smallest absolute Gasteiger partial charge is 0.273 e. The van der Waals surface area contributed by atoms with Crippen molar-refractivity contribution in [2.45, 2.75) is 39.8 Å². The Morgan fingerprint density at radius 1 is 1.19 bits per heavy atom. The highest BCUT2D eigenvalue weighted by Crippen LogP contribution is 2.34. The molecule has 0 spiro atoms. The first-order valence-electron chi connectivity index (χ1n) is 8.67. The van der Waals surface area contributed by atoms with Gasteiger partial charge >= 0.3 is 0 Å². The van der Waals surface area contributed by atoms with E-state index in [4.69, 9.17) is 0 Å². The van der Waals surface area contributed by atoms with Gasteiger partial charge in [0.1, 0.15) is 11.3 Å². The van der Waals surface area contributed by atoms with Crippen molar-refractivity contribution in [3.8, 4) is 5.75 Å². The molecule has 136 valence electrons. The first kappa shape index (κ1) is 17.8. The molecule has 0 aliphatic heterocycles. The number of aromatic hydroxyl groups is 1. The molecule has 7 nitrogen and oxygen atoms in total. The van der Waals surface area contributed by atoms with Gasteiger partial charge in [-0.1, -0.05) is 37.3 Å². The van der Waals surface area contributed by atoms with Crippen LogP contribution < -0.4 is 5.32 Å². The molecular formula is C19H23N5O2. The van der Waals surface area contributed by atoms with Gasteiger partial charge in [0.15, 0.2) is 5.69 Å². The summed E-state index contributed by atoms with van der Waals surface area (Å²) in [7, 11) is 0. The highest BCUT2D eigenvalue weighted by Gasteiger charge is 2.24. The monoisotopic (exact) mass is 353 g/mol. The zero-order chi connectivity index (χ0) is 18.8. The molecule has 0 aliphatic rings. The Bertz CT molecular complexity index is 933. The van der Waals surface area contributed by atoms with Crippen LogP contribution in [0.25, 0.3) is 10.9 Å². The first-order chi connectivity index (χ1) is 12.4. The van der Waals surface area contributed by atoms with E-state index in [1.54, 1.807) is 17.1 Å². The Morgan fingerprint density at radius 3 is 2.62 bits per heavy atom. The molecule has 26 heavy (non-hydrogen) atoms. The number of aromatic nitrogens is 4. The number of fused-ring (bicyclic) bond motifs is 1. The number of hydrogen-bond acceptors (Lipinski definition) is 5. The van der Waals surface area contributed by atoms with Gasteiger partial charge in [0.05, 0.1) is 12.2 Å². The van der Waals surface area contributed by atoms with Gasteiger partial charge < -0.3 is 10.4 Å². The SMILES string of the molecule is CC(C)C(NC(=O)c1cn(C(C)C)nn1)c1ccc2cccnc2c1O. The molecule has 1 unspecified atom stereocenters. The molecule has 1 atom stereocenters. The van der Waals surface area contributed by atoms with Gasteiger partial charge in [-0.2, -0.15) is 0 Å². The number of carbonyl (C=O) groups is 1. The second kappa shape index (κ2) is 7.11. The first-order valence-corrected chi connectivity index (χ1v) is 8.67. The molecule has 0 radical (unpaired) electrons. The van der Waals surface area contributed by atoms with Crippen molar-refractivity contribution in [2.75, 3.05) is 0 Å². The van der Waals surface area contributed by atoms with Gasteiger partial charge in [0, 0.05) is 23.2 Å². The Morgan fingerprint density at radius 2 is 1.96 bits per heavy atom. The summed E-state index contributed by atoms with van der Waals surface area (Å²) in [5.74, 6) is -0.171. The quantitative estimate of drug-likeness (QED) is 0.734. The molecule has 0 aliphatic carbocycles. The van der Waals surface area contributed by atoms with Crippen molar-refractivity contribution in [2.24, 2.45) is 5.92 Å². The summed E-state index contributed by atoms with van der Waals surface area (Å²) < 4.78 is 1.64. The third kappa shape index (κ3) is 3.37. The molecule has 2 heterocycles. The van der Waals surface area contributed by atoms with Crippen molar-refractivity contribution < 1.29 is 9.90 Å². The maximum absolute atomic E-state index is 12.6. The largest absolute Gasteiger partial charge is 0.505 e. The van der Waals surface area contributed by atoms with Gasteiger partial charge in [-0.15, -0.1) is 5.10 Å². The summed E-state index contributed by atoms with van der Waals surface area (Å²) in [6.07, 6.45) is 3.26. The van der Waals surface area contributed by atoms with Crippen LogP contribution in [0.1, 0.15) is 55.8 Å². The van der Waals surface area contributed by atoms with Gasteiger partial charge in [-0.05, 0) is 25.8 Å². The summed E-state index contributed by atoms with van der Waals surface area (Å²) in [5.41, 5.74) is 1.41. The Kier molecular flexibility index (Phi) is 4.88. The lowest BCUT2D eigenvalue weighted by atomic mass is 9.94. The summed E-state index contributed by atoms with van der Waals surface area (Å²) in [6, 6.07) is 7.18. The highest BCUT2D eigenvalue weighted by molar-refractivity contribution is 5.92. The van der Waals surface area contributed by atoms with Gasteiger partial charge in [-0.25, -0.2) is 4.68 Å². The van der Waals surface area contributed by atoms with Crippen molar-refractivity contribution in [1.82, 2.24) is 25.3 Å². The highest BCUT2D eigenvalue weighted by atomic mass is 16.3. The van der Waals surface area contributed by atoms with Crippen LogP contribution in [0.15, 0.2) is 36.7 Å². The molecule has 0 saturated carbocycles. The lowest BCUT2D eigenvalue weighted by molar-refractivity contribution is 0.0920. The van der Waals surface area contributed by atoms with Crippen molar-refractivity contribution >= 4 is 16.8 Å². The van der Waals surface area contributed by atoms with Crippen molar-refractivity contribution in [3.05, 3.63) is 47.9 Å². The Balaban J connectivity index is 1.92. The average Bonchev–Trinajstić information content (AvgIpc) is 3.11. The zero-order valence-corrected chi connectivity index (χ0v) is 15.3. The number of nitrogens with one attached hydrogen (secondary N) is 1. The van der Waals surface area contributed by atoms with Crippen LogP contribution in [-0.2, 0) is 0 Å². The van der Waals surface area contributed by atoms with Crippen LogP contribution >= 0.6 is 0 Å². The van der Waals surface area contributed by atoms with E-state index in [1.807, 2.05) is 52.0 Å². The molecule has 1 aromatic carbocycles. The van der Waals surface area contributed by atoms with E-state index >= 15 is 0 Å². The fourth-order valence-electron chi connectivity index (χ4n) is 2.85. The second-order valence-corrected chi connectivity index (χ2v) is 6.95. The number of rotatable bonds is 5. The van der Waals surface area contributed by atoms with Crippen LogP contribution in [0, 0.1) is 5.92 Å². The molecule has 2 N–H and O–H groups in total. The van der Waals surface area contributed by atoms with Crippen LogP contribution in [0.3, 0.4) is 0 Å². The fraction of sp³-hybridized carbons (Fsp3) is 0.368. The molecule has 0 saturated heterocycles. The average molecular weight is 353 g/mol. The predicted molar refractivity (Wildman–Crippen MR) is 98.9 cm³/mol. The molecule has 1 amide bonds. The van der Waals surface area contributed by atoms with Crippen LogP contribution in [0.2, 0.25) is 0 Å². The number of nitrogens with zero attached hydrogens (tertiary/aromatic N) is 4. The minimum Gasteiger partial charge on any atom is -0.505 e. The maximum atomic E-state index is 12.6. The molecule has 0 bridgehead atoms. The molecule has 0 fully saturated rings. The van der Waals surface area contributed by atoms with E-state index in [0.717, 1.165) is 5.39 Å². The van der Waals surface area contributed by atoms with Gasteiger partial charge in [0.2, 0.25) is 0 Å². The van der Waals surface area contributed by atoms with Crippen LogP contribution in [-0.4, -0.2) is 31.0 Å². The molecule has 2 aromatic heterocycles. The Hall–Kier alpha value is -2.96. The molecule has 3 rings (SSSR count). The lowest BCUT2D eigenvalue weighted by Gasteiger charge is -2.23. The summed E-state index contributed by atoms with van der Waals surface area (Å²) in [5, 5.41) is 22.4. The van der Waals surface area contributed by atoms with Crippen LogP contribution in [0.5, 0.6) is 5.75 Å². The minimum absolute atomic E-state index is 0.0613. The summed E-state index contributed by atoms with van der Waals surface area (Å²) in [4.78, 5) is 16.9. The number of amides is 1. The molecule has 3 aromatic rings. The van der Waals surface area contributed by atoms with E-state index < -0.39 is 0 Å². The lowest BCUT2D eigenvalue weighted by Crippen LogP contribution is -2.32. The normalized spacial score (nSPS) is 12.7. The van der Waals surface area contributed by atoms with E-state index in [-0.39, 0.29) is 35.4 Å². The van der Waals surface area contributed by atoms with Crippen LogP contribution in [0.4, 0.5) is 0 Å². The number of phenols is 1. The standard InChI is InChI=1S/C19H23N5O2/c1-11(2)16(21-19(26)15-10-24(12(3)4)23-22-15)14-8-7-13-6-5-9-20-17(13)18(14)25/h5-12,16,25H,1-4H3,(H,21,26). The van der Waals surface area contributed by atoms with Crippen molar-refractivity contribution in [3.63, 3.8) is 0 Å². The third-order valence-electron chi connectivity index (χ3n) is 4.34. The van der Waals surface area contributed by atoms with E-state index in [9.17, 15) is 9.90 Å². The number of carbonyl (C=O) groups excluding carboxylic acids is 1. The molecular weight excluding hydrogens is 330 g/mol. The number of phenolic OH excluding ortho intramolecular Hbond substituents is 1. The maximum Gasteiger partial charge on any atom is 0.273 e. The number of pyridine rings is 1. The van der Waals surface area contributed by atoms with Crippen molar-refractivity contribution in [1.29, 1.82) is 0 Å². The summed E-state index contributed by atoms with van der Waals surface area (Å²) >= 11 is 0.